The van der Waals surface area contributed by atoms with E-state index in [4.69, 9.17) is 0 Å². The number of fused-ring (bicyclic) bond motifs is 1. The lowest BCUT2D eigenvalue weighted by Crippen LogP contribution is -1.83. The SMILES string of the molecule is CCCC1=C(C)c2ccccc2C1. The minimum atomic E-state index is 1.19. The molecular formula is C13H16. The lowest BCUT2D eigenvalue weighted by molar-refractivity contribution is 0.883. The van der Waals surface area contributed by atoms with Crippen LogP contribution in [0.2, 0.25) is 0 Å². The molecule has 2 rings (SSSR count). The lowest BCUT2D eigenvalue weighted by atomic mass is 10.1. The molecular weight excluding hydrogens is 156 g/mol. The highest BCUT2D eigenvalue weighted by atomic mass is 14.2. The van der Waals surface area contributed by atoms with Crippen molar-refractivity contribution in [2.75, 3.05) is 0 Å². The summed E-state index contributed by atoms with van der Waals surface area (Å²) in [6, 6.07) is 8.77. The van der Waals surface area contributed by atoms with Gasteiger partial charge in [-0.25, -0.2) is 0 Å². The number of rotatable bonds is 2. The topological polar surface area (TPSA) is 0 Å². The molecule has 0 fully saturated rings. The largest absolute Gasteiger partial charge is 0.0651 e. The predicted octanol–water partition coefficient (Wildman–Crippen LogP) is 3.82. The zero-order chi connectivity index (χ0) is 9.26. The summed E-state index contributed by atoms with van der Waals surface area (Å²) in [4.78, 5) is 0. The normalized spacial score (nSPS) is 14.9. The van der Waals surface area contributed by atoms with Gasteiger partial charge in [-0.3, -0.25) is 0 Å². The molecule has 0 saturated carbocycles. The fourth-order valence-electron chi connectivity index (χ4n) is 2.17. The molecule has 0 heterocycles. The summed E-state index contributed by atoms with van der Waals surface area (Å²) < 4.78 is 0. The molecule has 68 valence electrons. The summed E-state index contributed by atoms with van der Waals surface area (Å²) in [6.45, 7) is 4.51. The maximum Gasteiger partial charge on any atom is -0.00551 e. The van der Waals surface area contributed by atoms with Crippen LogP contribution in [0.4, 0.5) is 0 Å². The van der Waals surface area contributed by atoms with E-state index in [9.17, 15) is 0 Å². The Morgan fingerprint density at radius 3 is 2.69 bits per heavy atom. The maximum atomic E-state index is 2.26. The summed E-state index contributed by atoms with van der Waals surface area (Å²) >= 11 is 0. The van der Waals surface area contributed by atoms with E-state index in [2.05, 4.69) is 38.1 Å². The second kappa shape index (κ2) is 3.37. The van der Waals surface area contributed by atoms with E-state index in [-0.39, 0.29) is 0 Å². The third-order valence-corrected chi connectivity index (χ3v) is 2.91. The molecule has 0 aromatic heterocycles. The zero-order valence-corrected chi connectivity index (χ0v) is 8.43. The van der Waals surface area contributed by atoms with Crippen molar-refractivity contribution in [1.29, 1.82) is 0 Å². The highest BCUT2D eigenvalue weighted by Gasteiger charge is 2.16. The van der Waals surface area contributed by atoms with Crippen molar-refractivity contribution in [3.8, 4) is 0 Å². The van der Waals surface area contributed by atoms with Crippen molar-refractivity contribution < 1.29 is 0 Å². The molecule has 0 N–H and O–H groups in total. The van der Waals surface area contributed by atoms with Gasteiger partial charge in [0.15, 0.2) is 0 Å². The van der Waals surface area contributed by atoms with Crippen LogP contribution in [0.15, 0.2) is 29.8 Å². The first-order valence-electron chi connectivity index (χ1n) is 5.10. The Labute approximate surface area is 80.3 Å². The van der Waals surface area contributed by atoms with Crippen LogP contribution < -0.4 is 0 Å². The van der Waals surface area contributed by atoms with Crippen molar-refractivity contribution in [3.63, 3.8) is 0 Å². The van der Waals surface area contributed by atoms with Gasteiger partial charge in [-0.05, 0) is 36.5 Å². The van der Waals surface area contributed by atoms with E-state index in [1.165, 1.54) is 36.0 Å². The van der Waals surface area contributed by atoms with Crippen molar-refractivity contribution in [3.05, 3.63) is 41.0 Å². The van der Waals surface area contributed by atoms with Gasteiger partial charge in [-0.1, -0.05) is 43.2 Å². The van der Waals surface area contributed by atoms with Crippen LogP contribution >= 0.6 is 0 Å². The van der Waals surface area contributed by atoms with Crippen LogP contribution in [0.3, 0.4) is 0 Å². The molecule has 0 unspecified atom stereocenters. The van der Waals surface area contributed by atoms with E-state index in [0.29, 0.717) is 0 Å². The predicted molar refractivity (Wildman–Crippen MR) is 57.6 cm³/mol. The van der Waals surface area contributed by atoms with Gasteiger partial charge in [0.2, 0.25) is 0 Å². The molecule has 1 aromatic carbocycles. The van der Waals surface area contributed by atoms with Crippen molar-refractivity contribution in [2.24, 2.45) is 0 Å². The summed E-state index contributed by atoms with van der Waals surface area (Å²) in [6.07, 6.45) is 3.72. The second-order valence-electron chi connectivity index (χ2n) is 3.81. The molecule has 0 nitrogen and oxygen atoms in total. The molecule has 0 bridgehead atoms. The van der Waals surface area contributed by atoms with Gasteiger partial charge in [-0.2, -0.15) is 0 Å². The molecule has 0 spiro atoms. The second-order valence-corrected chi connectivity index (χ2v) is 3.81. The lowest BCUT2D eigenvalue weighted by Gasteiger charge is -1.99. The number of hydrogen-bond acceptors (Lipinski definition) is 0. The number of benzene rings is 1. The highest BCUT2D eigenvalue weighted by Crippen LogP contribution is 2.34. The van der Waals surface area contributed by atoms with Crippen LogP contribution in [0.1, 0.15) is 37.8 Å². The highest BCUT2D eigenvalue weighted by molar-refractivity contribution is 5.74. The summed E-state index contributed by atoms with van der Waals surface area (Å²) in [5.41, 5.74) is 6.16. The average Bonchev–Trinajstić information content (AvgIpc) is 2.46. The molecule has 1 aliphatic carbocycles. The molecule has 0 radical (unpaired) electrons. The van der Waals surface area contributed by atoms with Gasteiger partial charge in [0.1, 0.15) is 0 Å². The van der Waals surface area contributed by atoms with Gasteiger partial charge in [-0.15, -0.1) is 0 Å². The maximum absolute atomic E-state index is 2.26. The minimum Gasteiger partial charge on any atom is -0.0651 e. The van der Waals surface area contributed by atoms with Crippen LogP contribution in [-0.2, 0) is 6.42 Å². The molecule has 1 aliphatic rings. The third kappa shape index (κ3) is 1.41. The van der Waals surface area contributed by atoms with Crippen molar-refractivity contribution >= 4 is 5.57 Å². The monoisotopic (exact) mass is 172 g/mol. The molecule has 13 heavy (non-hydrogen) atoms. The van der Waals surface area contributed by atoms with E-state index >= 15 is 0 Å². The zero-order valence-electron chi connectivity index (χ0n) is 8.43. The van der Waals surface area contributed by atoms with Gasteiger partial charge in [0.25, 0.3) is 0 Å². The van der Waals surface area contributed by atoms with E-state index in [1.54, 1.807) is 5.57 Å². The average molecular weight is 172 g/mol. The quantitative estimate of drug-likeness (QED) is 0.636. The minimum absolute atomic E-state index is 1.19. The Hall–Kier alpha value is -1.04. The third-order valence-electron chi connectivity index (χ3n) is 2.91. The molecule has 0 aliphatic heterocycles. The molecule has 1 aromatic rings. The van der Waals surface area contributed by atoms with E-state index < -0.39 is 0 Å². The fraction of sp³-hybridized carbons (Fsp3) is 0.385. The fourth-order valence-corrected chi connectivity index (χ4v) is 2.17. The Balaban J connectivity index is 2.36. The molecule has 0 saturated heterocycles. The van der Waals surface area contributed by atoms with E-state index in [0.717, 1.165) is 0 Å². The smallest absolute Gasteiger partial charge is 0.00551 e. The van der Waals surface area contributed by atoms with Gasteiger partial charge >= 0.3 is 0 Å². The van der Waals surface area contributed by atoms with Gasteiger partial charge in [0.05, 0.1) is 0 Å². The number of allylic oxidation sites excluding steroid dienone is 2. The first-order chi connectivity index (χ1) is 6.33. The molecule has 0 amide bonds. The van der Waals surface area contributed by atoms with Gasteiger partial charge < -0.3 is 0 Å². The Bertz CT molecular complexity index is 345. The van der Waals surface area contributed by atoms with E-state index in [1.807, 2.05) is 0 Å². The Kier molecular flexibility index (Phi) is 2.22. The summed E-state index contributed by atoms with van der Waals surface area (Å²) in [5.74, 6) is 0. The van der Waals surface area contributed by atoms with Crippen LogP contribution in [0.25, 0.3) is 5.57 Å². The number of hydrogen-bond donors (Lipinski definition) is 0. The Morgan fingerprint density at radius 1 is 1.23 bits per heavy atom. The molecule has 0 atom stereocenters. The molecule has 0 heteroatoms. The first kappa shape index (κ1) is 8.55. The standard InChI is InChI=1S/C13H16/c1-3-6-11-9-12-7-4-5-8-13(12)10(11)2/h4-5,7-8H,3,6,9H2,1-2H3. The van der Waals surface area contributed by atoms with Crippen molar-refractivity contribution in [2.45, 2.75) is 33.1 Å². The summed E-state index contributed by atoms with van der Waals surface area (Å²) in [5, 5.41) is 0. The van der Waals surface area contributed by atoms with Crippen molar-refractivity contribution in [1.82, 2.24) is 0 Å². The van der Waals surface area contributed by atoms with Crippen LogP contribution in [0, 0.1) is 0 Å². The van der Waals surface area contributed by atoms with Crippen LogP contribution in [-0.4, -0.2) is 0 Å². The Morgan fingerprint density at radius 2 is 2.00 bits per heavy atom. The van der Waals surface area contributed by atoms with Gasteiger partial charge in [0, 0.05) is 0 Å². The van der Waals surface area contributed by atoms with Crippen LogP contribution in [0.5, 0.6) is 0 Å². The first-order valence-corrected chi connectivity index (χ1v) is 5.10. The summed E-state index contributed by atoms with van der Waals surface area (Å²) in [7, 11) is 0.